The minimum Gasteiger partial charge on any atom is -0.480 e. The van der Waals surface area contributed by atoms with E-state index in [1.165, 1.54) is 13.8 Å². The normalized spacial score (nSPS) is 16.0. The summed E-state index contributed by atoms with van der Waals surface area (Å²) in [5.74, 6) is -3.81. The van der Waals surface area contributed by atoms with Gasteiger partial charge in [-0.05, 0) is 39.0 Å². The van der Waals surface area contributed by atoms with Crippen LogP contribution in [0.25, 0.3) is 0 Å². The van der Waals surface area contributed by atoms with Gasteiger partial charge in [-0.2, -0.15) is 0 Å². The molecule has 0 aliphatic carbocycles. The summed E-state index contributed by atoms with van der Waals surface area (Å²) in [6.07, 6.45) is 1.27. The second-order valence-electron chi connectivity index (χ2n) is 7.46. The number of hydrogen-bond acceptors (Lipinski definition) is 6. The molecule has 0 aromatic rings. The minimum atomic E-state index is -1.18. The summed E-state index contributed by atoms with van der Waals surface area (Å²) in [5.41, 5.74) is 5.42. The Morgan fingerprint density at radius 3 is 2.00 bits per heavy atom. The van der Waals surface area contributed by atoms with Gasteiger partial charge in [0.25, 0.3) is 0 Å². The standard InChI is InChI=1S/C19H33N3O7/c1-5-13(15(23)7-6-14(20)19(28)29)8-10(2)9-16(24)21-11(3)17(25)22-12(4)18(26)27/h10-14H,5-9,20H2,1-4H3,(H,21,24)(H,22,25)(H,26,27)(H,28,29)/t10-,11-,12+,13?,14-/m0/s1. The summed E-state index contributed by atoms with van der Waals surface area (Å²) in [4.78, 5) is 57.8. The van der Waals surface area contributed by atoms with Crippen LogP contribution >= 0.6 is 0 Å². The van der Waals surface area contributed by atoms with Crippen molar-refractivity contribution in [1.82, 2.24) is 10.6 Å². The summed E-state index contributed by atoms with van der Waals surface area (Å²) in [5, 5.41) is 22.4. The molecular formula is C19H33N3O7. The third-order valence-electron chi connectivity index (χ3n) is 4.69. The predicted molar refractivity (Wildman–Crippen MR) is 105 cm³/mol. The van der Waals surface area contributed by atoms with Gasteiger partial charge >= 0.3 is 11.9 Å². The molecule has 0 heterocycles. The second kappa shape index (κ2) is 12.9. The number of carbonyl (C=O) groups is 5. The van der Waals surface area contributed by atoms with Crippen molar-refractivity contribution in [2.45, 2.75) is 77.9 Å². The van der Waals surface area contributed by atoms with E-state index in [-0.39, 0.29) is 42.8 Å². The van der Waals surface area contributed by atoms with Crippen LogP contribution in [0.2, 0.25) is 0 Å². The number of Topliss-reactive ketones (excluding diaryl/α,β-unsaturated/α-hetero) is 1. The lowest BCUT2D eigenvalue weighted by Crippen LogP contribution is -2.49. The average Bonchev–Trinajstić information content (AvgIpc) is 2.62. The van der Waals surface area contributed by atoms with E-state index in [9.17, 15) is 24.0 Å². The molecule has 29 heavy (non-hydrogen) atoms. The van der Waals surface area contributed by atoms with Crippen LogP contribution in [0.5, 0.6) is 0 Å². The third kappa shape index (κ3) is 10.6. The van der Waals surface area contributed by atoms with Gasteiger partial charge in [0.2, 0.25) is 11.8 Å². The Morgan fingerprint density at radius 2 is 1.52 bits per heavy atom. The molecule has 0 bridgehead atoms. The Bertz CT molecular complexity index is 609. The number of ketones is 1. The number of carbonyl (C=O) groups excluding carboxylic acids is 3. The van der Waals surface area contributed by atoms with Crippen LogP contribution in [0.15, 0.2) is 0 Å². The van der Waals surface area contributed by atoms with Gasteiger partial charge in [-0.25, -0.2) is 0 Å². The molecule has 6 N–H and O–H groups in total. The summed E-state index contributed by atoms with van der Waals surface area (Å²) in [7, 11) is 0. The quantitative estimate of drug-likeness (QED) is 0.269. The molecule has 0 radical (unpaired) electrons. The van der Waals surface area contributed by atoms with E-state index in [2.05, 4.69) is 10.6 Å². The highest BCUT2D eigenvalue weighted by molar-refractivity contribution is 5.90. The van der Waals surface area contributed by atoms with Gasteiger partial charge in [0.05, 0.1) is 0 Å². The Labute approximate surface area is 170 Å². The number of amides is 2. The largest absolute Gasteiger partial charge is 0.480 e. The monoisotopic (exact) mass is 415 g/mol. The molecular weight excluding hydrogens is 382 g/mol. The number of hydrogen-bond donors (Lipinski definition) is 5. The number of nitrogens with one attached hydrogen (secondary N) is 2. The Hall–Kier alpha value is -2.49. The molecule has 0 aromatic carbocycles. The van der Waals surface area contributed by atoms with Crippen molar-refractivity contribution in [3.05, 3.63) is 0 Å². The van der Waals surface area contributed by atoms with Crippen molar-refractivity contribution < 1.29 is 34.2 Å². The number of carboxylic acid groups (broad SMARTS) is 2. The van der Waals surface area contributed by atoms with E-state index < -0.39 is 36.0 Å². The topological polar surface area (TPSA) is 176 Å². The fraction of sp³-hybridized carbons (Fsp3) is 0.737. The van der Waals surface area contributed by atoms with Gasteiger partial charge in [-0.1, -0.05) is 13.8 Å². The average molecular weight is 415 g/mol. The van der Waals surface area contributed by atoms with Crippen LogP contribution in [0, 0.1) is 11.8 Å². The van der Waals surface area contributed by atoms with Crippen LogP contribution in [0.4, 0.5) is 0 Å². The van der Waals surface area contributed by atoms with Gasteiger partial charge in [0.15, 0.2) is 0 Å². The van der Waals surface area contributed by atoms with Gasteiger partial charge in [-0.15, -0.1) is 0 Å². The first-order valence-corrected chi connectivity index (χ1v) is 9.72. The fourth-order valence-electron chi connectivity index (χ4n) is 2.80. The molecule has 166 valence electrons. The van der Waals surface area contributed by atoms with Crippen molar-refractivity contribution in [3.8, 4) is 0 Å². The SMILES string of the molecule is CCC(C[C@H](C)CC(=O)N[C@@H](C)C(=O)N[C@H](C)C(=O)O)C(=O)CC[C@H](N)C(=O)O. The van der Waals surface area contributed by atoms with Crippen molar-refractivity contribution in [2.24, 2.45) is 17.6 Å². The molecule has 0 spiro atoms. The van der Waals surface area contributed by atoms with E-state index in [0.717, 1.165) is 0 Å². The molecule has 5 atom stereocenters. The lowest BCUT2D eigenvalue weighted by molar-refractivity contribution is -0.141. The van der Waals surface area contributed by atoms with Gasteiger partial charge < -0.3 is 26.6 Å². The molecule has 1 unspecified atom stereocenters. The number of carboxylic acids is 2. The van der Waals surface area contributed by atoms with Crippen LogP contribution in [-0.2, 0) is 24.0 Å². The van der Waals surface area contributed by atoms with Crippen molar-refractivity contribution in [2.75, 3.05) is 0 Å². The second-order valence-corrected chi connectivity index (χ2v) is 7.46. The molecule has 10 nitrogen and oxygen atoms in total. The number of rotatable bonds is 14. The third-order valence-corrected chi connectivity index (χ3v) is 4.69. The van der Waals surface area contributed by atoms with Crippen LogP contribution in [-0.4, -0.2) is 57.9 Å². The zero-order valence-electron chi connectivity index (χ0n) is 17.4. The predicted octanol–water partition coefficient (Wildman–Crippen LogP) is 0.284. The van der Waals surface area contributed by atoms with E-state index in [1.807, 2.05) is 13.8 Å². The number of aliphatic carboxylic acids is 2. The first kappa shape index (κ1) is 26.5. The summed E-state index contributed by atoms with van der Waals surface area (Å²) in [6, 6.07) is -3.03. The van der Waals surface area contributed by atoms with Gasteiger partial charge in [-0.3, -0.25) is 24.0 Å². The maximum atomic E-state index is 12.3. The van der Waals surface area contributed by atoms with Crippen molar-refractivity contribution in [1.29, 1.82) is 0 Å². The molecule has 0 saturated carbocycles. The van der Waals surface area contributed by atoms with Crippen LogP contribution in [0.1, 0.15) is 59.8 Å². The molecule has 0 aromatic heterocycles. The Balaban J connectivity index is 4.50. The minimum absolute atomic E-state index is 0.0704. The zero-order valence-corrected chi connectivity index (χ0v) is 17.4. The fourth-order valence-corrected chi connectivity index (χ4v) is 2.80. The van der Waals surface area contributed by atoms with Crippen molar-refractivity contribution >= 4 is 29.5 Å². The van der Waals surface area contributed by atoms with E-state index in [1.54, 1.807) is 0 Å². The van der Waals surface area contributed by atoms with Crippen molar-refractivity contribution in [3.63, 3.8) is 0 Å². The van der Waals surface area contributed by atoms with E-state index >= 15 is 0 Å². The summed E-state index contributed by atoms with van der Waals surface area (Å²) in [6.45, 7) is 6.44. The van der Waals surface area contributed by atoms with E-state index in [0.29, 0.717) is 12.8 Å². The smallest absolute Gasteiger partial charge is 0.325 e. The highest BCUT2D eigenvalue weighted by Gasteiger charge is 2.24. The maximum Gasteiger partial charge on any atom is 0.325 e. The molecule has 0 fully saturated rings. The first-order chi connectivity index (χ1) is 13.4. The lowest BCUT2D eigenvalue weighted by Gasteiger charge is -2.20. The molecule has 0 rings (SSSR count). The molecule has 10 heteroatoms. The molecule has 0 aliphatic heterocycles. The van der Waals surface area contributed by atoms with Crippen LogP contribution < -0.4 is 16.4 Å². The summed E-state index contributed by atoms with van der Waals surface area (Å²) >= 11 is 0. The molecule has 0 aliphatic rings. The summed E-state index contributed by atoms with van der Waals surface area (Å²) < 4.78 is 0. The Kier molecular flexibility index (Phi) is 11.8. The zero-order chi connectivity index (χ0) is 22.7. The lowest BCUT2D eigenvalue weighted by atomic mass is 9.86. The highest BCUT2D eigenvalue weighted by Crippen LogP contribution is 2.21. The molecule has 0 saturated heterocycles. The number of nitrogens with two attached hydrogens (primary N) is 1. The van der Waals surface area contributed by atoms with Crippen LogP contribution in [0.3, 0.4) is 0 Å². The molecule has 2 amide bonds. The van der Waals surface area contributed by atoms with Gasteiger partial charge in [0.1, 0.15) is 23.9 Å². The maximum absolute atomic E-state index is 12.3. The van der Waals surface area contributed by atoms with Gasteiger partial charge in [0, 0.05) is 18.8 Å². The Morgan fingerprint density at radius 1 is 0.931 bits per heavy atom. The van der Waals surface area contributed by atoms with E-state index in [4.69, 9.17) is 15.9 Å². The first-order valence-electron chi connectivity index (χ1n) is 9.72. The highest BCUT2D eigenvalue weighted by atomic mass is 16.4.